The van der Waals surface area contributed by atoms with E-state index in [1.807, 2.05) is 0 Å². The molecule has 0 aliphatic carbocycles. The van der Waals surface area contributed by atoms with Gasteiger partial charge in [0.25, 0.3) is 0 Å². The van der Waals surface area contributed by atoms with Crippen LogP contribution >= 0.6 is 8.69 Å². The van der Waals surface area contributed by atoms with Gasteiger partial charge in [-0.1, -0.05) is 36.4 Å². The normalized spacial score (nSPS) is 14.1. The summed E-state index contributed by atoms with van der Waals surface area (Å²) >= 11 is 0. The molecule has 0 fully saturated rings. The first-order chi connectivity index (χ1) is 14.7. The van der Waals surface area contributed by atoms with E-state index in [2.05, 4.69) is 4.52 Å². The monoisotopic (exact) mass is 460 g/mol. The maximum absolute atomic E-state index is 13.6. The lowest BCUT2D eigenvalue weighted by molar-refractivity contribution is -0.139. The third kappa shape index (κ3) is 7.70. The number of nitrogens with two attached hydrogens (primary N) is 1. The minimum atomic E-state index is -4.66. The topological polar surface area (TPSA) is 81.8 Å². The highest BCUT2D eigenvalue weighted by molar-refractivity contribution is 7.17. The standard InChI is InChI=1S/C21H23F4NO4P/c22-18-6-2-1-4-16(18)5-3-11-29-19-8-7-15(12-17(19)21(23,24)25)9-10-20(26,13-27)14-30-31-28/h1-2,4,6-10,12,27,31H,3,5,11,13-14,26H2/q+1. The van der Waals surface area contributed by atoms with Crippen LogP contribution in [-0.4, -0.2) is 30.5 Å². The molecule has 0 amide bonds. The van der Waals surface area contributed by atoms with Gasteiger partial charge < -0.3 is 15.6 Å². The number of alkyl halides is 3. The van der Waals surface area contributed by atoms with E-state index in [1.54, 1.807) is 18.2 Å². The first kappa shape index (κ1) is 24.9. The van der Waals surface area contributed by atoms with Crippen molar-refractivity contribution < 1.29 is 36.5 Å². The molecule has 3 N–H and O–H groups in total. The van der Waals surface area contributed by atoms with Crippen molar-refractivity contribution in [2.45, 2.75) is 24.6 Å². The van der Waals surface area contributed by atoms with Gasteiger partial charge in [-0.25, -0.2) is 4.39 Å². The predicted molar refractivity (Wildman–Crippen MR) is 110 cm³/mol. The van der Waals surface area contributed by atoms with Crippen LogP contribution in [-0.2, 0) is 21.7 Å². The highest BCUT2D eigenvalue weighted by Crippen LogP contribution is 2.37. The van der Waals surface area contributed by atoms with Gasteiger partial charge in [-0.3, -0.25) is 0 Å². The fourth-order valence-corrected chi connectivity index (χ4v) is 3.04. The van der Waals surface area contributed by atoms with Crippen LogP contribution in [0.2, 0.25) is 0 Å². The van der Waals surface area contributed by atoms with Crippen LogP contribution in [0.4, 0.5) is 17.6 Å². The van der Waals surface area contributed by atoms with E-state index < -0.39 is 32.6 Å². The Bertz CT molecular complexity index is 907. The second-order valence-corrected chi connectivity index (χ2v) is 7.35. The molecule has 0 saturated heterocycles. The Labute approximate surface area is 178 Å². The third-order valence-corrected chi connectivity index (χ3v) is 4.68. The molecule has 2 aromatic carbocycles. The number of ether oxygens (including phenoxy) is 1. The van der Waals surface area contributed by atoms with E-state index >= 15 is 0 Å². The van der Waals surface area contributed by atoms with E-state index in [0.29, 0.717) is 18.4 Å². The number of aliphatic hydroxyl groups excluding tert-OH is 1. The van der Waals surface area contributed by atoms with Gasteiger partial charge in [0.05, 0.1) is 24.3 Å². The number of hydrogen-bond donors (Lipinski definition) is 2. The molecule has 2 unspecified atom stereocenters. The van der Waals surface area contributed by atoms with E-state index in [4.69, 9.17) is 10.5 Å². The van der Waals surface area contributed by atoms with Crippen molar-refractivity contribution in [3.05, 3.63) is 71.0 Å². The molecule has 0 spiro atoms. The Kier molecular flexibility index (Phi) is 9.13. The fraction of sp³-hybridized carbons (Fsp3) is 0.333. The van der Waals surface area contributed by atoms with Crippen molar-refractivity contribution in [1.82, 2.24) is 0 Å². The summed E-state index contributed by atoms with van der Waals surface area (Å²) < 4.78 is 74.5. The van der Waals surface area contributed by atoms with Crippen molar-refractivity contribution in [2.75, 3.05) is 19.8 Å². The average molecular weight is 460 g/mol. The minimum Gasteiger partial charge on any atom is -0.493 e. The zero-order valence-corrected chi connectivity index (χ0v) is 17.5. The van der Waals surface area contributed by atoms with Crippen LogP contribution in [0, 0.1) is 5.82 Å². The van der Waals surface area contributed by atoms with Gasteiger partial charge in [-0.15, -0.1) is 4.52 Å². The molecule has 31 heavy (non-hydrogen) atoms. The molecule has 2 aromatic rings. The summed E-state index contributed by atoms with van der Waals surface area (Å²) in [4.78, 5) is 0. The van der Waals surface area contributed by atoms with Gasteiger partial charge in [-0.05, 0) is 46.7 Å². The van der Waals surface area contributed by atoms with Crippen molar-refractivity contribution in [3.8, 4) is 5.75 Å². The quantitative estimate of drug-likeness (QED) is 0.293. The maximum atomic E-state index is 13.6. The zero-order valence-electron chi connectivity index (χ0n) is 16.5. The van der Waals surface area contributed by atoms with E-state index in [1.165, 1.54) is 30.4 Å². The first-order valence-corrected chi connectivity index (χ1v) is 10.2. The highest BCUT2D eigenvalue weighted by Gasteiger charge is 2.34. The van der Waals surface area contributed by atoms with Crippen molar-refractivity contribution in [3.63, 3.8) is 0 Å². The molecule has 0 saturated carbocycles. The molecular formula is C21H23F4NO4P+. The first-order valence-electron chi connectivity index (χ1n) is 9.34. The second kappa shape index (κ2) is 11.3. The lowest BCUT2D eigenvalue weighted by Crippen LogP contribution is -2.45. The van der Waals surface area contributed by atoms with Gasteiger partial charge in [0.2, 0.25) is 0 Å². The lowest BCUT2D eigenvalue weighted by Gasteiger charge is -2.19. The molecule has 0 aliphatic rings. The summed E-state index contributed by atoms with van der Waals surface area (Å²) in [6.07, 6.45) is -1.39. The largest absolute Gasteiger partial charge is 0.494 e. The zero-order chi connectivity index (χ0) is 22.9. The molecule has 168 valence electrons. The van der Waals surface area contributed by atoms with E-state index in [-0.39, 0.29) is 30.3 Å². The van der Waals surface area contributed by atoms with Gasteiger partial charge >= 0.3 is 14.9 Å². The smallest absolute Gasteiger partial charge is 0.493 e. The Morgan fingerprint density at radius 1 is 1.16 bits per heavy atom. The fourth-order valence-electron chi connectivity index (χ4n) is 2.72. The van der Waals surface area contributed by atoms with Gasteiger partial charge in [-0.2, -0.15) is 13.2 Å². The Balaban J connectivity index is 2.10. The van der Waals surface area contributed by atoms with E-state index in [0.717, 1.165) is 6.07 Å². The number of aliphatic hydroxyl groups is 1. The van der Waals surface area contributed by atoms with Crippen LogP contribution in [0.1, 0.15) is 23.1 Å². The molecular weight excluding hydrogens is 437 g/mol. The summed E-state index contributed by atoms with van der Waals surface area (Å²) in [5, 5.41) is 9.36. The highest BCUT2D eigenvalue weighted by atomic mass is 31.1. The van der Waals surface area contributed by atoms with Gasteiger partial charge in [0.15, 0.2) is 0 Å². The SMILES string of the molecule is NC(C=Cc1ccc(OCCCc2ccccc2F)c(C(F)(F)F)c1)(CO)CO[PH+]=O. The van der Waals surface area contributed by atoms with Gasteiger partial charge in [0.1, 0.15) is 18.2 Å². The number of halogens is 4. The lowest BCUT2D eigenvalue weighted by atomic mass is 10.0. The summed E-state index contributed by atoms with van der Waals surface area (Å²) in [6.45, 7) is -0.836. The molecule has 0 radical (unpaired) electrons. The van der Waals surface area contributed by atoms with Crippen LogP contribution in [0.3, 0.4) is 0 Å². The molecule has 2 atom stereocenters. The van der Waals surface area contributed by atoms with Gasteiger partial charge in [0, 0.05) is 0 Å². The molecule has 5 nitrogen and oxygen atoms in total. The van der Waals surface area contributed by atoms with Crippen LogP contribution < -0.4 is 10.5 Å². The number of aryl methyl sites for hydroxylation is 1. The summed E-state index contributed by atoms with van der Waals surface area (Å²) in [5.74, 6) is -0.704. The minimum absolute atomic E-state index is 0.0175. The maximum Gasteiger partial charge on any atom is 0.494 e. The third-order valence-electron chi connectivity index (χ3n) is 4.42. The Morgan fingerprint density at radius 2 is 1.90 bits per heavy atom. The Morgan fingerprint density at radius 3 is 2.55 bits per heavy atom. The summed E-state index contributed by atoms with van der Waals surface area (Å²) in [7, 11) is -1.08. The molecule has 0 bridgehead atoms. The molecule has 0 aliphatic heterocycles. The van der Waals surface area contributed by atoms with E-state index in [9.17, 15) is 27.2 Å². The van der Waals surface area contributed by atoms with Crippen LogP contribution in [0.15, 0.2) is 48.5 Å². The predicted octanol–water partition coefficient (Wildman–Crippen LogP) is 4.51. The summed E-state index contributed by atoms with van der Waals surface area (Å²) in [5.41, 5.74) is 4.15. The molecule has 10 heteroatoms. The number of hydrogen-bond acceptors (Lipinski definition) is 5. The van der Waals surface area contributed by atoms with Crippen molar-refractivity contribution in [1.29, 1.82) is 0 Å². The summed E-state index contributed by atoms with van der Waals surface area (Å²) in [6, 6.07) is 9.69. The number of benzene rings is 2. The average Bonchev–Trinajstić information content (AvgIpc) is 2.74. The Hall–Kier alpha value is -2.32. The molecule has 2 rings (SSSR count). The number of rotatable bonds is 11. The molecule has 0 aromatic heterocycles. The van der Waals surface area contributed by atoms with Crippen molar-refractivity contribution in [2.24, 2.45) is 5.73 Å². The van der Waals surface area contributed by atoms with Crippen LogP contribution in [0.25, 0.3) is 6.08 Å². The van der Waals surface area contributed by atoms with Crippen LogP contribution in [0.5, 0.6) is 5.75 Å². The van der Waals surface area contributed by atoms with Crippen molar-refractivity contribution >= 4 is 14.8 Å². The molecule has 0 heterocycles. The second-order valence-electron chi connectivity index (χ2n) is 6.89.